The fourth-order valence-corrected chi connectivity index (χ4v) is 6.85. The molecule has 1 aliphatic heterocycles. The fraction of sp³-hybridized carbons (Fsp3) is 0.412. The standard InChI is InChI=1S/C34H41N3O7S/c1-3-45(40,41)37(28-16-17-31-32(22-28)44-19-18-43-31)24-33(38)36(23-26-12-9-15-29(20-26)42-2)30(21-25-10-5-4-6-11-25)34(39)35-27-13-7-8-14-27/h4-6,9-12,15-17,20,22,27,30H,3,7-8,13-14,18-19,21,23-24H2,1-2H3,(H,35,39)/t30-/m1/s1. The molecule has 2 amide bonds. The van der Waals surface area contributed by atoms with Crippen molar-refractivity contribution in [3.8, 4) is 17.2 Å². The summed E-state index contributed by atoms with van der Waals surface area (Å²) in [7, 11) is -2.34. The number of methoxy groups -OCH3 is 1. The Kier molecular flexibility index (Phi) is 10.5. The van der Waals surface area contributed by atoms with Gasteiger partial charge in [-0.2, -0.15) is 0 Å². The minimum Gasteiger partial charge on any atom is -0.497 e. The van der Waals surface area contributed by atoms with E-state index in [0.717, 1.165) is 41.1 Å². The van der Waals surface area contributed by atoms with Crippen molar-refractivity contribution in [1.82, 2.24) is 10.2 Å². The molecule has 0 unspecified atom stereocenters. The number of nitrogens with one attached hydrogen (secondary N) is 1. The first kappa shape index (κ1) is 32.2. The molecule has 1 saturated carbocycles. The first-order valence-corrected chi connectivity index (χ1v) is 17.0. The van der Waals surface area contributed by atoms with Gasteiger partial charge in [0, 0.05) is 25.1 Å². The number of anilines is 1. The molecule has 1 heterocycles. The molecule has 3 aromatic carbocycles. The van der Waals surface area contributed by atoms with E-state index in [1.807, 2.05) is 48.5 Å². The zero-order valence-electron chi connectivity index (χ0n) is 25.8. The van der Waals surface area contributed by atoms with Crippen molar-refractivity contribution in [2.75, 3.05) is 36.9 Å². The lowest BCUT2D eigenvalue weighted by Crippen LogP contribution is -2.54. The molecule has 1 aliphatic carbocycles. The highest BCUT2D eigenvalue weighted by Gasteiger charge is 2.35. The van der Waals surface area contributed by atoms with Crippen LogP contribution in [-0.4, -0.2) is 69.8 Å². The summed E-state index contributed by atoms with van der Waals surface area (Å²) in [6, 6.07) is 20.8. The van der Waals surface area contributed by atoms with Crippen LogP contribution in [-0.2, 0) is 32.6 Å². The molecule has 1 atom stereocenters. The summed E-state index contributed by atoms with van der Waals surface area (Å²) >= 11 is 0. The quantitative estimate of drug-likeness (QED) is 0.298. The second-order valence-corrected chi connectivity index (χ2v) is 13.5. The lowest BCUT2D eigenvalue weighted by Gasteiger charge is -2.34. The van der Waals surface area contributed by atoms with Crippen LogP contribution in [0.3, 0.4) is 0 Å². The van der Waals surface area contributed by atoms with Crippen molar-refractivity contribution in [3.05, 3.63) is 83.9 Å². The van der Waals surface area contributed by atoms with Crippen LogP contribution in [0.4, 0.5) is 5.69 Å². The van der Waals surface area contributed by atoms with Gasteiger partial charge in [-0.15, -0.1) is 0 Å². The van der Waals surface area contributed by atoms with Gasteiger partial charge in [0.1, 0.15) is 31.5 Å². The molecule has 45 heavy (non-hydrogen) atoms. The third-order valence-corrected chi connectivity index (χ3v) is 9.99. The minimum atomic E-state index is -3.91. The second kappa shape index (κ2) is 14.7. The number of amides is 2. The monoisotopic (exact) mass is 635 g/mol. The normalized spacial score (nSPS) is 15.2. The van der Waals surface area contributed by atoms with Crippen LogP contribution < -0.4 is 23.8 Å². The first-order valence-electron chi connectivity index (χ1n) is 15.4. The van der Waals surface area contributed by atoms with Crippen LogP contribution >= 0.6 is 0 Å². The summed E-state index contributed by atoms with van der Waals surface area (Å²) in [6.07, 6.45) is 4.13. The maximum Gasteiger partial charge on any atom is 0.244 e. The van der Waals surface area contributed by atoms with Gasteiger partial charge in [0.05, 0.1) is 18.6 Å². The molecule has 0 bridgehead atoms. The molecule has 3 aromatic rings. The smallest absolute Gasteiger partial charge is 0.244 e. The summed E-state index contributed by atoms with van der Waals surface area (Å²) in [5.41, 5.74) is 1.92. The van der Waals surface area contributed by atoms with Gasteiger partial charge >= 0.3 is 0 Å². The Morgan fingerprint density at radius 2 is 1.64 bits per heavy atom. The van der Waals surface area contributed by atoms with E-state index >= 15 is 0 Å². The van der Waals surface area contributed by atoms with Crippen molar-refractivity contribution in [2.24, 2.45) is 0 Å². The van der Waals surface area contributed by atoms with Gasteiger partial charge in [-0.1, -0.05) is 55.3 Å². The average molecular weight is 636 g/mol. The lowest BCUT2D eigenvalue weighted by atomic mass is 10.0. The molecule has 240 valence electrons. The Bertz CT molecular complexity index is 1580. The molecular weight excluding hydrogens is 594 g/mol. The first-order chi connectivity index (χ1) is 21.8. The van der Waals surface area contributed by atoms with Gasteiger partial charge in [0.2, 0.25) is 21.8 Å². The summed E-state index contributed by atoms with van der Waals surface area (Å²) < 4.78 is 44.8. The Morgan fingerprint density at radius 1 is 0.933 bits per heavy atom. The number of sulfonamides is 1. The van der Waals surface area contributed by atoms with Gasteiger partial charge in [-0.3, -0.25) is 13.9 Å². The third-order valence-electron chi connectivity index (χ3n) is 8.25. The van der Waals surface area contributed by atoms with Crippen molar-refractivity contribution in [2.45, 2.75) is 57.7 Å². The van der Waals surface area contributed by atoms with Crippen molar-refractivity contribution < 1.29 is 32.2 Å². The maximum absolute atomic E-state index is 14.5. The number of fused-ring (bicyclic) bond motifs is 1. The van der Waals surface area contributed by atoms with Gasteiger partial charge in [-0.25, -0.2) is 8.42 Å². The molecule has 0 aromatic heterocycles. The molecule has 0 spiro atoms. The largest absolute Gasteiger partial charge is 0.497 e. The maximum atomic E-state index is 14.5. The lowest BCUT2D eigenvalue weighted by molar-refractivity contribution is -0.140. The van der Waals surface area contributed by atoms with E-state index in [1.165, 1.54) is 11.8 Å². The number of benzene rings is 3. The number of hydrogen-bond donors (Lipinski definition) is 1. The molecule has 1 fully saturated rings. The number of ether oxygens (including phenoxy) is 3. The molecule has 2 aliphatic rings. The number of carbonyl (C=O) groups is 2. The Hall–Kier alpha value is -4.25. The summed E-state index contributed by atoms with van der Waals surface area (Å²) in [5.74, 6) is 0.546. The van der Waals surface area contributed by atoms with E-state index in [-0.39, 0.29) is 36.4 Å². The van der Waals surface area contributed by atoms with E-state index < -0.39 is 28.5 Å². The van der Waals surface area contributed by atoms with Gasteiger partial charge in [0.25, 0.3) is 0 Å². The zero-order valence-corrected chi connectivity index (χ0v) is 26.6. The molecule has 0 saturated heterocycles. The number of hydrogen-bond acceptors (Lipinski definition) is 7. The van der Waals surface area contributed by atoms with Crippen molar-refractivity contribution >= 4 is 27.5 Å². The topological polar surface area (TPSA) is 114 Å². The summed E-state index contributed by atoms with van der Waals surface area (Å²) in [4.78, 5) is 30.0. The van der Waals surface area contributed by atoms with E-state index in [2.05, 4.69) is 5.32 Å². The van der Waals surface area contributed by atoms with Crippen LogP contribution in [0.2, 0.25) is 0 Å². The van der Waals surface area contributed by atoms with Crippen molar-refractivity contribution in [3.63, 3.8) is 0 Å². The molecule has 11 heteroatoms. The Balaban J connectivity index is 1.53. The minimum absolute atomic E-state index is 0.0410. The van der Waals surface area contributed by atoms with E-state index in [4.69, 9.17) is 14.2 Å². The Morgan fingerprint density at radius 3 is 2.36 bits per heavy atom. The van der Waals surface area contributed by atoms with Gasteiger partial charge in [-0.05, 0) is 55.2 Å². The number of carbonyl (C=O) groups excluding carboxylic acids is 2. The molecule has 0 radical (unpaired) electrons. The Labute approximate surface area is 265 Å². The number of nitrogens with zero attached hydrogens (tertiary/aromatic N) is 2. The third kappa shape index (κ3) is 8.08. The van der Waals surface area contributed by atoms with Crippen LogP contribution in [0.25, 0.3) is 0 Å². The number of rotatable bonds is 13. The van der Waals surface area contributed by atoms with Crippen molar-refractivity contribution in [1.29, 1.82) is 0 Å². The molecule has 1 N–H and O–H groups in total. The van der Waals surface area contributed by atoms with Gasteiger partial charge < -0.3 is 24.4 Å². The predicted molar refractivity (Wildman–Crippen MR) is 172 cm³/mol. The van der Waals surface area contributed by atoms with Crippen LogP contribution in [0.5, 0.6) is 17.2 Å². The SMILES string of the molecule is CCS(=O)(=O)N(CC(=O)N(Cc1cccc(OC)c1)[C@H](Cc1ccccc1)C(=O)NC1CCCC1)c1ccc2c(c1)OCCO2. The van der Waals surface area contributed by atoms with E-state index in [0.29, 0.717) is 30.5 Å². The summed E-state index contributed by atoms with van der Waals surface area (Å²) in [5, 5.41) is 3.18. The highest BCUT2D eigenvalue weighted by Crippen LogP contribution is 2.35. The fourth-order valence-electron chi connectivity index (χ4n) is 5.80. The van der Waals surface area contributed by atoms with Crippen LogP contribution in [0, 0.1) is 0 Å². The van der Waals surface area contributed by atoms with E-state index in [9.17, 15) is 18.0 Å². The van der Waals surface area contributed by atoms with Crippen LogP contribution in [0.15, 0.2) is 72.8 Å². The second-order valence-electron chi connectivity index (χ2n) is 11.3. The predicted octanol–water partition coefficient (Wildman–Crippen LogP) is 4.32. The molecular formula is C34H41N3O7S. The molecule has 10 nitrogen and oxygen atoms in total. The average Bonchev–Trinajstić information content (AvgIpc) is 3.58. The zero-order chi connectivity index (χ0) is 31.8. The van der Waals surface area contributed by atoms with E-state index in [1.54, 1.807) is 31.4 Å². The summed E-state index contributed by atoms with van der Waals surface area (Å²) in [6.45, 7) is 1.84. The highest BCUT2D eigenvalue weighted by molar-refractivity contribution is 7.92. The van der Waals surface area contributed by atoms with Gasteiger partial charge in [0.15, 0.2) is 11.5 Å². The molecule has 5 rings (SSSR count). The highest BCUT2D eigenvalue weighted by atomic mass is 32.2. The van der Waals surface area contributed by atoms with Crippen LogP contribution in [0.1, 0.15) is 43.7 Å².